The van der Waals surface area contributed by atoms with Gasteiger partial charge in [-0.15, -0.1) is 0 Å². The van der Waals surface area contributed by atoms with Crippen LogP contribution in [0, 0.1) is 11.3 Å². The van der Waals surface area contributed by atoms with Gasteiger partial charge in [-0.3, -0.25) is 4.79 Å². The molecule has 0 bridgehead atoms. The lowest BCUT2D eigenvalue weighted by Gasteiger charge is -2.41. The van der Waals surface area contributed by atoms with Crippen LogP contribution in [-0.2, 0) is 9.53 Å². The first-order chi connectivity index (χ1) is 15.4. The van der Waals surface area contributed by atoms with E-state index in [0.29, 0.717) is 44.0 Å². The van der Waals surface area contributed by atoms with Crippen molar-refractivity contribution in [3.05, 3.63) is 41.6 Å². The number of pyridine rings is 1. The number of piperazine rings is 1. The fourth-order valence-electron chi connectivity index (χ4n) is 4.22. The number of nitriles is 1. The van der Waals surface area contributed by atoms with Crippen molar-refractivity contribution in [3.63, 3.8) is 0 Å². The minimum absolute atomic E-state index is 0.0258. The second-order valence-electron chi connectivity index (χ2n) is 8.38. The number of amides is 1. The van der Waals surface area contributed by atoms with Crippen molar-refractivity contribution in [2.24, 2.45) is 0 Å². The molecule has 1 aliphatic heterocycles. The summed E-state index contributed by atoms with van der Waals surface area (Å²) < 4.78 is 10.6. The Morgan fingerprint density at radius 3 is 2.62 bits per heavy atom. The number of carbonyl (C=O) groups excluding carboxylic acids is 1. The molecule has 0 radical (unpaired) electrons. The third-order valence-electron chi connectivity index (χ3n) is 5.86. The average molecular weight is 437 g/mol. The molecule has 1 aromatic heterocycles. The molecule has 0 spiro atoms. The standard InChI is InChI=1S/C25H32N4O3/c1-17(2)24-21(20-8-6-7-9-22(20)32-5)14-19(15-26)25(27-24)28-11-12-29(18(3)16-28)23(30)10-13-31-4/h6-9,14,17-18H,10-13,16H2,1-5H3. The first kappa shape index (κ1) is 23.6. The zero-order chi connectivity index (χ0) is 23.3. The summed E-state index contributed by atoms with van der Waals surface area (Å²) in [6.45, 7) is 8.53. The molecule has 7 nitrogen and oxygen atoms in total. The van der Waals surface area contributed by atoms with Crippen LogP contribution in [0.25, 0.3) is 11.1 Å². The zero-order valence-corrected chi connectivity index (χ0v) is 19.6. The van der Waals surface area contributed by atoms with Crippen molar-refractivity contribution in [2.75, 3.05) is 45.4 Å². The normalized spacial score (nSPS) is 16.2. The Labute approximate surface area is 190 Å². The van der Waals surface area contributed by atoms with E-state index in [9.17, 15) is 10.1 Å². The third-order valence-corrected chi connectivity index (χ3v) is 5.86. The van der Waals surface area contributed by atoms with Crippen molar-refractivity contribution in [1.29, 1.82) is 5.26 Å². The van der Waals surface area contributed by atoms with Gasteiger partial charge in [-0.1, -0.05) is 32.0 Å². The molecule has 1 saturated heterocycles. The monoisotopic (exact) mass is 436 g/mol. The molecular formula is C25H32N4O3. The van der Waals surface area contributed by atoms with Crippen LogP contribution >= 0.6 is 0 Å². The van der Waals surface area contributed by atoms with Crippen LogP contribution < -0.4 is 9.64 Å². The molecule has 32 heavy (non-hydrogen) atoms. The molecule has 170 valence electrons. The Bertz CT molecular complexity index is 999. The van der Waals surface area contributed by atoms with Crippen LogP contribution in [0.1, 0.15) is 44.4 Å². The summed E-state index contributed by atoms with van der Waals surface area (Å²) in [6, 6.07) is 12.1. The number of methoxy groups -OCH3 is 2. The average Bonchev–Trinajstić information content (AvgIpc) is 2.81. The third kappa shape index (κ3) is 4.86. The molecular weight excluding hydrogens is 404 g/mol. The van der Waals surface area contributed by atoms with Gasteiger partial charge in [0.15, 0.2) is 0 Å². The van der Waals surface area contributed by atoms with E-state index in [4.69, 9.17) is 14.5 Å². The lowest BCUT2D eigenvalue weighted by Crippen LogP contribution is -2.54. The molecule has 7 heteroatoms. The minimum atomic E-state index is 0.0258. The lowest BCUT2D eigenvalue weighted by molar-refractivity contribution is -0.134. The number of rotatable bonds is 7. The highest BCUT2D eigenvalue weighted by Gasteiger charge is 2.30. The van der Waals surface area contributed by atoms with Gasteiger partial charge in [-0.05, 0) is 25.0 Å². The van der Waals surface area contributed by atoms with Gasteiger partial charge in [0.25, 0.3) is 0 Å². The summed E-state index contributed by atoms with van der Waals surface area (Å²) in [5, 5.41) is 9.95. The first-order valence-electron chi connectivity index (χ1n) is 11.0. The molecule has 0 saturated carbocycles. The summed E-state index contributed by atoms with van der Waals surface area (Å²) in [5.74, 6) is 1.70. The molecule has 1 aliphatic rings. The molecule has 1 amide bonds. The molecule has 2 aromatic rings. The van der Waals surface area contributed by atoms with E-state index in [1.54, 1.807) is 14.2 Å². The topological polar surface area (TPSA) is 78.7 Å². The number of carbonyl (C=O) groups is 1. The highest BCUT2D eigenvalue weighted by molar-refractivity contribution is 5.78. The Hall–Kier alpha value is -3.11. The van der Waals surface area contributed by atoms with Gasteiger partial charge in [-0.25, -0.2) is 4.98 Å². The van der Waals surface area contributed by atoms with Gasteiger partial charge in [-0.2, -0.15) is 5.26 Å². The van der Waals surface area contributed by atoms with Crippen molar-refractivity contribution in [3.8, 4) is 22.9 Å². The van der Waals surface area contributed by atoms with Crippen LogP contribution in [0.5, 0.6) is 5.75 Å². The summed E-state index contributed by atoms with van der Waals surface area (Å²) >= 11 is 0. The summed E-state index contributed by atoms with van der Waals surface area (Å²) in [5.41, 5.74) is 3.30. The Morgan fingerprint density at radius 1 is 1.25 bits per heavy atom. The van der Waals surface area contributed by atoms with Crippen molar-refractivity contribution in [2.45, 2.75) is 39.2 Å². The largest absolute Gasteiger partial charge is 0.496 e. The number of benzene rings is 1. The highest BCUT2D eigenvalue weighted by Crippen LogP contribution is 2.37. The Kier molecular flexibility index (Phi) is 7.70. The zero-order valence-electron chi connectivity index (χ0n) is 19.6. The number of para-hydroxylation sites is 1. The predicted octanol–water partition coefficient (Wildman–Crippen LogP) is 3.83. The first-order valence-corrected chi connectivity index (χ1v) is 11.0. The van der Waals surface area contributed by atoms with Gasteiger partial charge < -0.3 is 19.3 Å². The Balaban J connectivity index is 1.96. The summed E-state index contributed by atoms with van der Waals surface area (Å²) in [4.78, 5) is 21.5. The fraction of sp³-hybridized carbons (Fsp3) is 0.480. The fourth-order valence-corrected chi connectivity index (χ4v) is 4.22. The van der Waals surface area contributed by atoms with E-state index in [0.717, 1.165) is 22.6 Å². The maximum atomic E-state index is 12.5. The number of ether oxygens (including phenoxy) is 2. The number of hydrogen-bond donors (Lipinski definition) is 0. The molecule has 0 aliphatic carbocycles. The quantitative estimate of drug-likeness (QED) is 0.656. The van der Waals surface area contributed by atoms with Crippen LogP contribution in [0.2, 0.25) is 0 Å². The summed E-state index contributed by atoms with van der Waals surface area (Å²) in [6.07, 6.45) is 0.383. The van der Waals surface area contributed by atoms with Crippen LogP contribution in [0.15, 0.2) is 30.3 Å². The number of aromatic nitrogens is 1. The van der Waals surface area contributed by atoms with Crippen LogP contribution in [0.4, 0.5) is 5.82 Å². The van der Waals surface area contributed by atoms with Gasteiger partial charge in [0, 0.05) is 43.9 Å². The maximum absolute atomic E-state index is 12.5. The molecule has 2 heterocycles. The smallest absolute Gasteiger partial charge is 0.225 e. The molecule has 0 N–H and O–H groups in total. The number of nitrogens with zero attached hydrogens (tertiary/aromatic N) is 4. The second-order valence-corrected chi connectivity index (χ2v) is 8.38. The number of anilines is 1. The minimum Gasteiger partial charge on any atom is -0.496 e. The van der Waals surface area contributed by atoms with E-state index in [2.05, 4.69) is 24.8 Å². The van der Waals surface area contributed by atoms with E-state index < -0.39 is 0 Å². The van der Waals surface area contributed by atoms with Gasteiger partial charge >= 0.3 is 0 Å². The number of hydrogen-bond acceptors (Lipinski definition) is 6. The summed E-state index contributed by atoms with van der Waals surface area (Å²) in [7, 11) is 3.25. The predicted molar refractivity (Wildman–Crippen MR) is 125 cm³/mol. The lowest BCUT2D eigenvalue weighted by atomic mass is 9.95. The van der Waals surface area contributed by atoms with E-state index >= 15 is 0 Å². The van der Waals surface area contributed by atoms with Crippen molar-refractivity contribution >= 4 is 11.7 Å². The van der Waals surface area contributed by atoms with Crippen molar-refractivity contribution < 1.29 is 14.3 Å². The van der Waals surface area contributed by atoms with Gasteiger partial charge in [0.1, 0.15) is 17.6 Å². The van der Waals surface area contributed by atoms with E-state index in [1.807, 2.05) is 42.2 Å². The SMILES string of the molecule is COCCC(=O)N1CCN(c2nc(C(C)C)c(-c3ccccc3OC)cc2C#N)CC1C. The molecule has 1 atom stereocenters. The maximum Gasteiger partial charge on any atom is 0.225 e. The molecule has 1 unspecified atom stereocenters. The van der Waals surface area contributed by atoms with E-state index in [-0.39, 0.29) is 17.9 Å². The Morgan fingerprint density at radius 2 is 2.00 bits per heavy atom. The van der Waals surface area contributed by atoms with E-state index in [1.165, 1.54) is 0 Å². The molecule has 3 rings (SSSR count). The second kappa shape index (κ2) is 10.5. The van der Waals surface area contributed by atoms with Crippen LogP contribution in [0.3, 0.4) is 0 Å². The van der Waals surface area contributed by atoms with Crippen LogP contribution in [-0.4, -0.2) is 62.3 Å². The molecule has 1 aromatic carbocycles. The van der Waals surface area contributed by atoms with Gasteiger partial charge in [0.05, 0.1) is 31.4 Å². The molecule has 1 fully saturated rings. The highest BCUT2D eigenvalue weighted by atomic mass is 16.5. The van der Waals surface area contributed by atoms with Crippen molar-refractivity contribution in [1.82, 2.24) is 9.88 Å². The van der Waals surface area contributed by atoms with Gasteiger partial charge in [0.2, 0.25) is 5.91 Å².